The first-order valence-electron chi connectivity index (χ1n) is 14.4. The van der Waals surface area contributed by atoms with Crippen molar-refractivity contribution in [3.8, 4) is 5.75 Å². The second-order valence-corrected chi connectivity index (χ2v) is 11.1. The summed E-state index contributed by atoms with van der Waals surface area (Å²) in [7, 11) is 0. The number of hydrogen-bond acceptors (Lipinski definition) is 6. The van der Waals surface area contributed by atoms with Crippen LogP contribution in [-0.2, 0) is 0 Å². The molecule has 0 bridgehead atoms. The summed E-state index contributed by atoms with van der Waals surface area (Å²) in [6.07, 6.45) is 2.38. The molecule has 2 heterocycles. The molecular weight excluding hydrogens is 512 g/mol. The largest absolute Gasteiger partial charge is 0.468 e. The van der Waals surface area contributed by atoms with E-state index < -0.39 is 6.10 Å². The Morgan fingerprint density at radius 3 is 2.34 bits per heavy atom. The van der Waals surface area contributed by atoms with Crippen LogP contribution in [0.1, 0.15) is 32.7 Å². The summed E-state index contributed by atoms with van der Waals surface area (Å²) in [4.78, 5) is 36.0. The zero-order valence-electron chi connectivity index (χ0n) is 23.2. The molecule has 1 fully saturated rings. The Bertz CT molecular complexity index is 1630. The lowest BCUT2D eigenvalue weighted by molar-refractivity contribution is -0.363. The van der Waals surface area contributed by atoms with Gasteiger partial charge in [0.25, 0.3) is 0 Å². The van der Waals surface area contributed by atoms with Gasteiger partial charge in [-0.3, -0.25) is 14.5 Å². The summed E-state index contributed by atoms with van der Waals surface area (Å²) in [5, 5.41) is 3.51. The van der Waals surface area contributed by atoms with E-state index in [9.17, 15) is 9.59 Å². The van der Waals surface area contributed by atoms with Gasteiger partial charge in [-0.05, 0) is 49.7 Å². The number of carbonyl (C=O) groups is 2. The molecule has 7 heteroatoms. The molecule has 0 aromatic heterocycles. The van der Waals surface area contributed by atoms with Crippen LogP contribution in [-0.4, -0.2) is 67.6 Å². The monoisotopic (exact) mass is 545 g/mol. The highest BCUT2D eigenvalue weighted by Crippen LogP contribution is 2.36. The summed E-state index contributed by atoms with van der Waals surface area (Å²) >= 11 is 0. The minimum atomic E-state index is -0.487. The quantitative estimate of drug-likeness (QED) is 0.464. The number of nitrogens with zero attached hydrogens (tertiary/aromatic N) is 2. The zero-order valence-corrected chi connectivity index (χ0v) is 23.2. The summed E-state index contributed by atoms with van der Waals surface area (Å²) in [5.41, 5.74) is 6.21. The zero-order chi connectivity index (χ0) is 27.9. The number of carbonyl (C=O) groups excluding carboxylic acids is 2. The van der Waals surface area contributed by atoms with E-state index in [2.05, 4.69) is 50.4 Å². The van der Waals surface area contributed by atoms with E-state index in [1.54, 1.807) is 18.2 Å². The van der Waals surface area contributed by atoms with Crippen molar-refractivity contribution < 1.29 is 19.3 Å². The number of anilines is 1. The first kappa shape index (κ1) is 25.5. The molecular formula is C34H33N4O3+. The van der Waals surface area contributed by atoms with Gasteiger partial charge in [0.15, 0.2) is 11.5 Å². The van der Waals surface area contributed by atoms with Crippen molar-refractivity contribution in [1.82, 2.24) is 10.2 Å². The number of Topliss-reactive ketones (excluding diaryl/α,β-unsaturated/α-hetero) is 2. The highest BCUT2D eigenvalue weighted by atomic mass is 16.5. The Morgan fingerprint density at radius 2 is 1.59 bits per heavy atom. The Morgan fingerprint density at radius 1 is 0.878 bits per heavy atom. The maximum absolute atomic E-state index is 13.8. The number of ketones is 2. The normalized spacial score (nSPS) is 19.8. The number of nitrogens with one attached hydrogen (secondary N) is 2. The van der Waals surface area contributed by atoms with Gasteiger partial charge in [-0.25, -0.2) is 4.99 Å². The van der Waals surface area contributed by atoms with Gasteiger partial charge in [-0.1, -0.05) is 48.5 Å². The molecule has 1 saturated heterocycles. The summed E-state index contributed by atoms with van der Waals surface area (Å²) < 4.78 is 6.36. The summed E-state index contributed by atoms with van der Waals surface area (Å²) in [6.45, 7) is 7.75. The summed E-state index contributed by atoms with van der Waals surface area (Å²) in [5.74, 6) is 0.452. The first-order valence-corrected chi connectivity index (χ1v) is 14.4. The maximum Gasteiger partial charge on any atom is 0.246 e. The molecule has 1 unspecified atom stereocenters. The number of aryl methyl sites for hydroxylation is 1. The fourth-order valence-corrected chi connectivity index (χ4v) is 6.24. The molecule has 7 nitrogen and oxygen atoms in total. The molecule has 2 N–H and O–H groups in total. The lowest BCUT2D eigenvalue weighted by Crippen LogP contribution is -2.73. The van der Waals surface area contributed by atoms with E-state index in [-0.39, 0.29) is 11.6 Å². The van der Waals surface area contributed by atoms with Crippen molar-refractivity contribution in [3.63, 3.8) is 0 Å². The van der Waals surface area contributed by atoms with Crippen LogP contribution < -0.4 is 19.9 Å². The molecule has 2 aliphatic carbocycles. The third-order valence-electron chi connectivity index (χ3n) is 8.38. The van der Waals surface area contributed by atoms with Gasteiger partial charge in [0.05, 0.1) is 5.57 Å². The number of allylic oxidation sites excluding steroid dienone is 1. The van der Waals surface area contributed by atoms with E-state index in [1.807, 2.05) is 37.3 Å². The molecule has 3 aromatic carbocycles. The fraction of sp³-hybridized carbons (Fsp3) is 0.265. The van der Waals surface area contributed by atoms with Crippen LogP contribution >= 0.6 is 0 Å². The van der Waals surface area contributed by atoms with E-state index in [1.165, 1.54) is 5.69 Å². The van der Waals surface area contributed by atoms with Crippen molar-refractivity contribution in [2.24, 2.45) is 0 Å². The average molecular weight is 546 g/mol. The van der Waals surface area contributed by atoms with Crippen molar-refractivity contribution in [1.29, 1.82) is 0 Å². The standard InChI is InChI=1S/C34H32N4O3/c1-22-12-13-28-26(20-22)36-32-29(41-28)21-27(30-31(32)34(40)25-11-6-5-10-24(25)33(30)39)35-14-7-15-37-16-18-38(19-17-37)23-8-3-2-4-9-23/h2-6,8-13,20-21,29,35H,7,14-19H2,1H3/p+1. The first-order chi connectivity index (χ1) is 20.1. The second kappa shape index (κ2) is 10.5. The Kier molecular flexibility index (Phi) is 6.51. The Balaban J connectivity index is 1.09. The van der Waals surface area contributed by atoms with Crippen LogP contribution in [0.15, 0.2) is 95.7 Å². The van der Waals surface area contributed by atoms with Gasteiger partial charge >= 0.3 is 0 Å². The predicted octanol–water partition coefficient (Wildman–Crippen LogP) is 2.98. The van der Waals surface area contributed by atoms with Crippen LogP contribution in [0.5, 0.6) is 5.75 Å². The van der Waals surface area contributed by atoms with Crippen molar-refractivity contribution in [3.05, 3.63) is 112 Å². The fourth-order valence-electron chi connectivity index (χ4n) is 6.24. The Hall–Kier alpha value is -4.49. The third-order valence-corrected chi connectivity index (χ3v) is 8.38. The summed E-state index contributed by atoms with van der Waals surface area (Å²) in [6, 6.07) is 23.6. The van der Waals surface area contributed by atoms with Crippen molar-refractivity contribution >= 4 is 28.7 Å². The minimum Gasteiger partial charge on any atom is -0.468 e. The van der Waals surface area contributed by atoms with Crippen LogP contribution in [0.25, 0.3) is 0 Å². The minimum absolute atomic E-state index is 0.131. The lowest BCUT2D eigenvalue weighted by atomic mass is 9.76. The van der Waals surface area contributed by atoms with Gasteiger partial charge in [0.2, 0.25) is 23.3 Å². The van der Waals surface area contributed by atoms with Gasteiger partial charge in [0.1, 0.15) is 5.57 Å². The number of fused-ring (bicyclic) bond motifs is 4. The number of hydrogen-bond donors (Lipinski definition) is 2. The van der Waals surface area contributed by atoms with Crippen molar-refractivity contribution in [2.75, 3.05) is 44.2 Å². The van der Waals surface area contributed by atoms with Gasteiger partial charge < -0.3 is 15.0 Å². The molecule has 4 aliphatic rings. The molecule has 206 valence electrons. The molecule has 0 saturated carbocycles. The molecule has 0 spiro atoms. The Labute approximate surface area is 239 Å². The molecule has 1 atom stereocenters. The van der Waals surface area contributed by atoms with E-state index in [0.29, 0.717) is 40.2 Å². The highest BCUT2D eigenvalue weighted by Gasteiger charge is 2.46. The molecule has 0 radical (unpaired) electrons. The van der Waals surface area contributed by atoms with E-state index in [4.69, 9.17) is 4.74 Å². The predicted molar refractivity (Wildman–Crippen MR) is 159 cm³/mol. The van der Waals surface area contributed by atoms with Gasteiger partial charge in [-0.2, -0.15) is 0 Å². The lowest BCUT2D eigenvalue weighted by Gasteiger charge is -2.36. The van der Waals surface area contributed by atoms with Crippen LogP contribution in [0, 0.1) is 6.92 Å². The maximum atomic E-state index is 13.8. The van der Waals surface area contributed by atoms with E-state index >= 15 is 0 Å². The number of para-hydroxylation sites is 1. The average Bonchev–Trinajstić information content (AvgIpc) is 3.01. The topological polar surface area (TPSA) is 75.9 Å². The highest BCUT2D eigenvalue weighted by molar-refractivity contribution is 6.39. The van der Waals surface area contributed by atoms with Crippen LogP contribution in [0.2, 0.25) is 0 Å². The SMILES string of the molecule is Cc1ccc2c(c1)[NH+]=C1C3=C(C(=O)c4ccccc4C3=O)C(NCCCN3CCN(c4ccccc4)CC3)=CC1O2. The molecule has 7 rings (SSSR count). The second-order valence-electron chi connectivity index (χ2n) is 11.1. The molecule has 41 heavy (non-hydrogen) atoms. The van der Waals surface area contributed by atoms with Crippen molar-refractivity contribution in [2.45, 2.75) is 19.4 Å². The number of ether oxygens (including phenoxy) is 1. The molecule has 3 aromatic rings. The third kappa shape index (κ3) is 4.66. The van der Waals surface area contributed by atoms with E-state index in [0.717, 1.165) is 56.1 Å². The van der Waals surface area contributed by atoms with Crippen LogP contribution in [0.3, 0.4) is 0 Å². The molecule has 2 aliphatic heterocycles. The smallest absolute Gasteiger partial charge is 0.246 e. The number of rotatable bonds is 6. The van der Waals surface area contributed by atoms with Crippen LogP contribution in [0.4, 0.5) is 11.4 Å². The van der Waals surface area contributed by atoms with Gasteiger partial charge in [-0.15, -0.1) is 0 Å². The molecule has 0 amide bonds. The number of benzene rings is 3. The number of piperazine rings is 1. The van der Waals surface area contributed by atoms with Gasteiger partial charge in [0, 0.05) is 61.3 Å².